The lowest BCUT2D eigenvalue weighted by atomic mass is 10.3. The van der Waals surface area contributed by atoms with Gasteiger partial charge in [0.15, 0.2) is 0 Å². The number of nitrogens with one attached hydrogen (secondary N) is 1. The Morgan fingerprint density at radius 1 is 1.59 bits per heavy atom. The van der Waals surface area contributed by atoms with Crippen LogP contribution in [0.1, 0.15) is 25.7 Å². The molecule has 0 radical (unpaired) electrons. The van der Waals surface area contributed by atoms with E-state index in [1.54, 1.807) is 12.3 Å². The molecule has 1 aliphatic rings. The first-order valence-electron chi connectivity index (χ1n) is 6.04. The highest BCUT2D eigenvalue weighted by molar-refractivity contribution is 5.38. The SMILES string of the molecule is C#CCCCn1ncc(NCC2CC2)cc1=O. The molecule has 90 valence electrons. The van der Waals surface area contributed by atoms with Gasteiger partial charge in [-0.3, -0.25) is 4.79 Å². The Morgan fingerprint density at radius 3 is 3.06 bits per heavy atom. The summed E-state index contributed by atoms with van der Waals surface area (Å²) in [5.41, 5.74) is 0.748. The molecule has 1 aromatic heterocycles. The summed E-state index contributed by atoms with van der Waals surface area (Å²) in [5, 5.41) is 7.36. The molecule has 0 aromatic carbocycles. The highest BCUT2D eigenvalue weighted by atomic mass is 16.1. The number of hydrogen-bond acceptors (Lipinski definition) is 3. The third-order valence-corrected chi connectivity index (χ3v) is 2.85. The van der Waals surface area contributed by atoms with E-state index in [-0.39, 0.29) is 5.56 Å². The van der Waals surface area contributed by atoms with E-state index in [9.17, 15) is 4.79 Å². The van der Waals surface area contributed by atoms with Crippen molar-refractivity contribution in [3.05, 3.63) is 22.6 Å². The van der Waals surface area contributed by atoms with E-state index < -0.39 is 0 Å². The highest BCUT2D eigenvalue weighted by Gasteiger charge is 2.20. The summed E-state index contributed by atoms with van der Waals surface area (Å²) in [4.78, 5) is 11.7. The second-order valence-corrected chi connectivity index (χ2v) is 4.44. The summed E-state index contributed by atoms with van der Waals surface area (Å²) in [6, 6.07) is 1.60. The van der Waals surface area contributed by atoms with Crippen molar-refractivity contribution in [2.24, 2.45) is 5.92 Å². The molecule has 1 saturated carbocycles. The van der Waals surface area contributed by atoms with Gasteiger partial charge in [-0.25, -0.2) is 4.68 Å². The molecule has 1 N–H and O–H groups in total. The molecule has 0 spiro atoms. The normalized spacial score (nSPS) is 14.3. The van der Waals surface area contributed by atoms with Gasteiger partial charge in [0.1, 0.15) is 0 Å². The van der Waals surface area contributed by atoms with Crippen LogP contribution in [0.25, 0.3) is 0 Å². The van der Waals surface area contributed by atoms with Crippen LogP contribution in [0.4, 0.5) is 5.69 Å². The average molecular weight is 231 g/mol. The van der Waals surface area contributed by atoms with Crippen LogP contribution in [0.3, 0.4) is 0 Å². The van der Waals surface area contributed by atoms with Gasteiger partial charge in [0.05, 0.1) is 11.9 Å². The van der Waals surface area contributed by atoms with Crippen molar-refractivity contribution in [2.75, 3.05) is 11.9 Å². The first kappa shape index (κ1) is 11.7. The third kappa shape index (κ3) is 3.63. The maximum atomic E-state index is 11.7. The molecule has 0 saturated heterocycles. The molecule has 17 heavy (non-hydrogen) atoms. The fourth-order valence-corrected chi connectivity index (χ4v) is 1.61. The summed E-state index contributed by atoms with van der Waals surface area (Å²) < 4.78 is 1.46. The van der Waals surface area contributed by atoms with Crippen LogP contribution in [-0.4, -0.2) is 16.3 Å². The molecule has 1 aliphatic carbocycles. The van der Waals surface area contributed by atoms with Crippen LogP contribution in [0.2, 0.25) is 0 Å². The fraction of sp³-hybridized carbons (Fsp3) is 0.538. The largest absolute Gasteiger partial charge is 0.383 e. The van der Waals surface area contributed by atoms with Crippen molar-refractivity contribution in [3.8, 4) is 12.3 Å². The topological polar surface area (TPSA) is 46.9 Å². The van der Waals surface area contributed by atoms with E-state index in [1.807, 2.05) is 0 Å². The van der Waals surface area contributed by atoms with Crippen LogP contribution < -0.4 is 10.9 Å². The van der Waals surface area contributed by atoms with Gasteiger partial charge in [-0.05, 0) is 25.2 Å². The van der Waals surface area contributed by atoms with Crippen molar-refractivity contribution in [1.29, 1.82) is 0 Å². The van der Waals surface area contributed by atoms with Crippen molar-refractivity contribution in [3.63, 3.8) is 0 Å². The Morgan fingerprint density at radius 2 is 2.41 bits per heavy atom. The molecule has 0 aliphatic heterocycles. The van der Waals surface area contributed by atoms with E-state index in [0.717, 1.165) is 24.6 Å². The lowest BCUT2D eigenvalue weighted by Gasteiger charge is -2.06. The maximum absolute atomic E-state index is 11.7. The van der Waals surface area contributed by atoms with E-state index in [1.165, 1.54) is 17.5 Å². The first-order valence-corrected chi connectivity index (χ1v) is 6.04. The monoisotopic (exact) mass is 231 g/mol. The van der Waals surface area contributed by atoms with Gasteiger partial charge in [-0.1, -0.05) is 0 Å². The third-order valence-electron chi connectivity index (χ3n) is 2.85. The number of nitrogens with zero attached hydrogens (tertiary/aromatic N) is 2. The number of terminal acetylenes is 1. The zero-order chi connectivity index (χ0) is 12.1. The predicted octanol–water partition coefficient (Wildman–Crippen LogP) is 1.48. The molecular formula is C13H17N3O. The first-order chi connectivity index (χ1) is 8.29. The summed E-state index contributed by atoms with van der Waals surface area (Å²) in [7, 11) is 0. The zero-order valence-corrected chi connectivity index (χ0v) is 9.85. The van der Waals surface area contributed by atoms with Gasteiger partial charge in [-0.2, -0.15) is 5.10 Å². The molecule has 0 unspecified atom stereocenters. The van der Waals surface area contributed by atoms with Gasteiger partial charge >= 0.3 is 0 Å². The second-order valence-electron chi connectivity index (χ2n) is 4.44. The van der Waals surface area contributed by atoms with Gasteiger partial charge in [0.25, 0.3) is 5.56 Å². The van der Waals surface area contributed by atoms with Crippen LogP contribution in [-0.2, 0) is 6.54 Å². The van der Waals surface area contributed by atoms with Crippen LogP contribution in [0.15, 0.2) is 17.1 Å². The fourth-order valence-electron chi connectivity index (χ4n) is 1.61. The summed E-state index contributed by atoms with van der Waals surface area (Å²) >= 11 is 0. The minimum Gasteiger partial charge on any atom is -0.383 e. The predicted molar refractivity (Wildman–Crippen MR) is 67.8 cm³/mol. The smallest absolute Gasteiger partial charge is 0.268 e. The Kier molecular flexibility index (Phi) is 3.81. The minimum atomic E-state index is -0.0668. The minimum absolute atomic E-state index is 0.0668. The molecular weight excluding hydrogens is 214 g/mol. The van der Waals surface area contributed by atoms with Crippen LogP contribution >= 0.6 is 0 Å². The lowest BCUT2D eigenvalue weighted by Crippen LogP contribution is -2.22. The summed E-state index contributed by atoms with van der Waals surface area (Å²) in [5.74, 6) is 3.34. The van der Waals surface area contributed by atoms with Crippen molar-refractivity contribution < 1.29 is 0 Å². The van der Waals surface area contributed by atoms with E-state index >= 15 is 0 Å². The van der Waals surface area contributed by atoms with Gasteiger partial charge in [0, 0.05) is 25.6 Å². The van der Waals surface area contributed by atoms with Gasteiger partial charge < -0.3 is 5.32 Å². The molecule has 4 nitrogen and oxygen atoms in total. The molecule has 1 heterocycles. The van der Waals surface area contributed by atoms with Crippen LogP contribution in [0, 0.1) is 18.3 Å². The highest BCUT2D eigenvalue weighted by Crippen LogP contribution is 2.28. The number of hydrogen-bond donors (Lipinski definition) is 1. The Bertz CT molecular complexity index is 468. The second kappa shape index (κ2) is 5.53. The zero-order valence-electron chi connectivity index (χ0n) is 9.85. The molecule has 4 heteroatoms. The maximum Gasteiger partial charge on any atom is 0.268 e. The lowest BCUT2D eigenvalue weighted by molar-refractivity contribution is 0.555. The van der Waals surface area contributed by atoms with Crippen molar-refractivity contribution >= 4 is 5.69 Å². The van der Waals surface area contributed by atoms with E-state index in [0.29, 0.717) is 13.0 Å². The number of aryl methyl sites for hydroxylation is 1. The van der Waals surface area contributed by atoms with Crippen molar-refractivity contribution in [2.45, 2.75) is 32.2 Å². The number of unbranched alkanes of at least 4 members (excludes halogenated alkanes) is 1. The molecule has 0 atom stereocenters. The molecule has 0 amide bonds. The Balaban J connectivity index is 1.91. The van der Waals surface area contributed by atoms with E-state index in [4.69, 9.17) is 6.42 Å². The standard InChI is InChI=1S/C13H17N3O/c1-2-3-4-7-16-13(17)8-12(10-15-16)14-9-11-5-6-11/h1,8,10-11,14H,3-7,9H2. The van der Waals surface area contributed by atoms with E-state index in [2.05, 4.69) is 16.3 Å². The summed E-state index contributed by atoms with van der Waals surface area (Å²) in [6.45, 7) is 1.54. The molecule has 0 bridgehead atoms. The number of anilines is 1. The molecule has 2 rings (SSSR count). The van der Waals surface area contributed by atoms with Gasteiger partial charge in [-0.15, -0.1) is 12.3 Å². The Labute approximate surface area is 101 Å². The number of rotatable bonds is 6. The average Bonchev–Trinajstić information content (AvgIpc) is 3.13. The summed E-state index contributed by atoms with van der Waals surface area (Å²) in [6.07, 6.45) is 10.9. The molecule has 1 fully saturated rings. The molecule has 1 aromatic rings. The Hall–Kier alpha value is -1.76. The van der Waals surface area contributed by atoms with Crippen LogP contribution in [0.5, 0.6) is 0 Å². The van der Waals surface area contributed by atoms with Crippen molar-refractivity contribution in [1.82, 2.24) is 9.78 Å². The van der Waals surface area contributed by atoms with Gasteiger partial charge in [0.2, 0.25) is 0 Å². The number of aromatic nitrogens is 2. The quantitative estimate of drug-likeness (QED) is 0.596.